The molecule has 1 saturated carbocycles. The van der Waals surface area contributed by atoms with Gasteiger partial charge in [0.25, 0.3) is 0 Å². The van der Waals surface area contributed by atoms with Crippen molar-refractivity contribution in [2.24, 2.45) is 0 Å². The largest absolute Gasteiger partial charge is 0.396 e. The fourth-order valence-corrected chi connectivity index (χ4v) is 13.3. The molecule has 1 aliphatic carbocycles. The van der Waals surface area contributed by atoms with Crippen molar-refractivity contribution in [3.05, 3.63) is 165 Å². The summed E-state index contributed by atoms with van der Waals surface area (Å²) in [6, 6.07) is 27.6. The van der Waals surface area contributed by atoms with Crippen molar-refractivity contribution >= 4 is 103 Å². The second-order valence-electron chi connectivity index (χ2n) is 27.7. The van der Waals surface area contributed by atoms with Gasteiger partial charge in [0, 0.05) is 132 Å². The number of allylic oxidation sites excluding steroid dienone is 2. The zero-order valence-corrected chi connectivity index (χ0v) is 61.6. The van der Waals surface area contributed by atoms with Crippen LogP contribution in [0.2, 0.25) is 0 Å². The number of anilines is 12. The summed E-state index contributed by atoms with van der Waals surface area (Å²) in [5.74, 6) is 4.21. The number of nitrogens with one attached hydrogen (secondary N) is 7. The van der Waals surface area contributed by atoms with Gasteiger partial charge in [0.05, 0.1) is 18.9 Å². The summed E-state index contributed by atoms with van der Waals surface area (Å²) in [6.45, 7) is 28.8. The minimum Gasteiger partial charge on any atom is -0.396 e. The number of aromatic nitrogens is 11. The highest BCUT2D eigenvalue weighted by atomic mass is 16.3. The van der Waals surface area contributed by atoms with Crippen LogP contribution >= 0.6 is 0 Å². The smallest absolute Gasteiger partial charge is 0.248 e. The van der Waals surface area contributed by atoms with E-state index >= 15 is 0 Å². The first kappa shape index (κ1) is 75.5. The Morgan fingerprint density at radius 3 is 1.68 bits per heavy atom. The molecule has 0 bridgehead atoms. The molecule has 2 atom stereocenters. The number of rotatable bonds is 28. The molecule has 2 saturated heterocycles. The Morgan fingerprint density at radius 1 is 0.621 bits per heavy atom. The average Bonchev–Trinajstić information content (AvgIpc) is 1.70. The zero-order chi connectivity index (χ0) is 73.1. The van der Waals surface area contributed by atoms with Crippen LogP contribution in [0.25, 0.3) is 28.0 Å². The van der Waals surface area contributed by atoms with Crippen LogP contribution in [0.1, 0.15) is 129 Å². The number of hydrogen-bond donors (Lipinski definition) is 9. The van der Waals surface area contributed by atoms with Gasteiger partial charge in [-0.15, -0.1) is 0 Å². The lowest BCUT2D eigenvalue weighted by Gasteiger charge is -2.36. The second-order valence-corrected chi connectivity index (χ2v) is 27.7. The number of aliphatic hydroxyl groups excluding tert-OH is 2. The number of imidazole rings is 2. The third kappa shape index (κ3) is 19.9. The SMILES string of the molecule is C=CC(=C)Nc1cccc(Nc2cc(N3CCCCC3CCO)nc3c(CC)cnn23)c1.C=CC(=C)Nc1cccc(Nc2nc(N3CCCCC3CCO)nc3c2ncn3C(C)C)c1.CC(C)n1cnc2c(Nc3cccc(NC(=O)/C=C/CN(C)C)c3)nc(NC3CCC(N(C)C)CC3)nc21. The zero-order valence-electron chi connectivity index (χ0n) is 61.6. The Hall–Kier alpha value is -10.2. The standard InChI is InChI=1S/C28H41N9O.C25H33N7O.C25H32N6O/c1-19(2)37-18-29-25-26(31-22-10-7-9-21(17-22)30-24(38)11-8-16-35(3)4)33-28(34-27(25)37)32-20-12-14-23(15-13-20)36(5)6;1-5-18(4)27-19-9-8-10-20(15-19)28-23-22-24(32(16-26-22)17(2)3)30-25(29-23)31-13-7-6-11-21(31)12-14-33;1-4-18(3)27-20-9-8-10-21(15-20)28-24-16-23(29-25-19(5-2)17-26-31(24)25)30-13-7-6-11-22(30)12-14-32/h7-11,17-20,23H,12-16H2,1-6H3,(H,30,38)(H2,31,32,33,34);5,8-10,15-17,21,27,33H,1,4,6-7,11-14H2,2-3H3,(H,28,29,30);4,8-10,15-17,22,27-28,32H,1,3,5-7,11-14H2,2H3/b11-8+;;. The first-order chi connectivity index (χ1) is 49.8. The van der Waals surface area contributed by atoms with Gasteiger partial charge < -0.3 is 76.2 Å². The van der Waals surface area contributed by atoms with Gasteiger partial charge in [-0.1, -0.05) is 57.5 Å². The highest BCUT2D eigenvalue weighted by molar-refractivity contribution is 5.99. The van der Waals surface area contributed by atoms with Gasteiger partial charge >= 0.3 is 0 Å². The normalized spacial score (nSPS) is 16.9. The van der Waals surface area contributed by atoms with Crippen LogP contribution in [0.4, 0.5) is 69.3 Å². The van der Waals surface area contributed by atoms with Crippen molar-refractivity contribution in [1.29, 1.82) is 0 Å². The Kier molecular flexibility index (Phi) is 26.4. The number of hydrogen-bond acceptors (Lipinski definition) is 21. The van der Waals surface area contributed by atoms with Crippen molar-refractivity contribution in [1.82, 2.24) is 63.4 Å². The summed E-state index contributed by atoms with van der Waals surface area (Å²) in [5, 5.41) is 47.1. The maximum absolute atomic E-state index is 12.3. The van der Waals surface area contributed by atoms with E-state index < -0.39 is 0 Å². The summed E-state index contributed by atoms with van der Waals surface area (Å²) in [4.78, 5) is 55.1. The van der Waals surface area contributed by atoms with E-state index in [9.17, 15) is 15.0 Å². The summed E-state index contributed by atoms with van der Waals surface area (Å²) in [6.07, 6.45) is 25.8. The van der Waals surface area contributed by atoms with Crippen LogP contribution in [0.15, 0.2) is 160 Å². The highest BCUT2D eigenvalue weighted by Crippen LogP contribution is 2.35. The number of aryl methyl sites for hydroxylation is 1. The number of benzene rings is 3. The fourth-order valence-electron chi connectivity index (χ4n) is 13.3. The average molecular weight is 1400 g/mol. The summed E-state index contributed by atoms with van der Waals surface area (Å²) < 4.78 is 6.01. The molecule has 9 N–H and O–H groups in total. The van der Waals surface area contributed by atoms with E-state index in [1.807, 2.05) is 121 Å². The van der Waals surface area contributed by atoms with Crippen molar-refractivity contribution in [2.45, 2.75) is 154 Å². The van der Waals surface area contributed by atoms with E-state index in [2.05, 4.69) is 157 Å². The molecule has 2 aliphatic heterocycles. The second kappa shape index (κ2) is 36.1. The monoisotopic (exact) mass is 1400 g/mol. The molecule has 2 unspecified atom stereocenters. The van der Waals surface area contributed by atoms with Crippen LogP contribution in [0, 0.1) is 0 Å². The molecule has 12 rings (SSSR count). The topological polar surface area (TPSA) is 272 Å². The number of carbonyl (C=O) groups is 1. The number of amides is 1. The number of fused-ring (bicyclic) bond motifs is 3. The first-order valence-electron chi connectivity index (χ1n) is 36.3. The van der Waals surface area contributed by atoms with E-state index in [1.165, 1.54) is 6.42 Å². The molecule has 8 heterocycles. The van der Waals surface area contributed by atoms with Crippen molar-refractivity contribution in [2.75, 3.05) is 108 Å². The predicted octanol–water partition coefficient (Wildman–Crippen LogP) is 14.4. The molecule has 3 fully saturated rings. The van der Waals surface area contributed by atoms with Crippen LogP contribution in [0.5, 0.6) is 0 Å². The molecule has 3 aliphatic rings. The maximum Gasteiger partial charge on any atom is 0.248 e. The molecule has 546 valence electrons. The van der Waals surface area contributed by atoms with Gasteiger partial charge in [-0.25, -0.2) is 15.0 Å². The van der Waals surface area contributed by atoms with Gasteiger partial charge in [0.1, 0.15) is 11.6 Å². The predicted molar refractivity (Wildman–Crippen MR) is 422 cm³/mol. The van der Waals surface area contributed by atoms with Gasteiger partial charge in [-0.05, 0) is 206 Å². The van der Waals surface area contributed by atoms with Crippen molar-refractivity contribution in [3.63, 3.8) is 0 Å². The first-order valence-corrected chi connectivity index (χ1v) is 36.3. The molecular weight excluding hydrogens is 1290 g/mol. The Labute approximate surface area is 606 Å². The van der Waals surface area contributed by atoms with Gasteiger partial charge in [0.2, 0.25) is 17.8 Å². The highest BCUT2D eigenvalue weighted by Gasteiger charge is 2.29. The summed E-state index contributed by atoms with van der Waals surface area (Å²) in [7, 11) is 8.23. The molecule has 103 heavy (non-hydrogen) atoms. The number of likely N-dealkylation sites (N-methyl/N-ethyl adjacent to an activating group) is 1. The van der Waals surface area contributed by atoms with Crippen molar-refractivity contribution in [3.8, 4) is 0 Å². The lowest BCUT2D eigenvalue weighted by Crippen LogP contribution is -2.41. The Balaban J connectivity index is 0.000000167. The van der Waals surface area contributed by atoms with Crippen LogP contribution in [-0.2, 0) is 11.2 Å². The molecule has 6 aromatic heterocycles. The fraction of sp³-hybridized carbons (Fsp3) is 0.423. The number of carbonyl (C=O) groups excluding carboxylic acids is 1. The molecule has 25 heteroatoms. The number of aliphatic hydroxyl groups is 2. The molecule has 3 aromatic carbocycles. The van der Waals surface area contributed by atoms with Gasteiger partial charge in [-0.3, -0.25) is 4.79 Å². The Bertz CT molecular complexity index is 4370. The number of nitrogens with zero attached hydrogens (tertiary/aromatic N) is 15. The minimum absolute atomic E-state index is 0.161. The molecule has 1 amide bonds. The lowest BCUT2D eigenvalue weighted by molar-refractivity contribution is -0.111. The van der Waals surface area contributed by atoms with E-state index in [4.69, 9.17) is 24.9 Å². The third-order valence-corrected chi connectivity index (χ3v) is 18.8. The number of piperidine rings is 2. The summed E-state index contributed by atoms with van der Waals surface area (Å²) >= 11 is 0. The molecule has 9 aromatic rings. The van der Waals surface area contributed by atoms with Crippen LogP contribution in [0.3, 0.4) is 0 Å². The molecule has 25 nitrogen and oxygen atoms in total. The minimum atomic E-state index is -0.167. The van der Waals surface area contributed by atoms with Gasteiger partial charge in [0.15, 0.2) is 39.6 Å². The van der Waals surface area contributed by atoms with Crippen LogP contribution in [-0.4, -0.2) is 165 Å². The molecular formula is C78H106N22O3. The molecule has 0 radical (unpaired) electrons. The van der Waals surface area contributed by atoms with Crippen LogP contribution < -0.4 is 47.0 Å². The van der Waals surface area contributed by atoms with Gasteiger partial charge in [-0.2, -0.15) is 29.5 Å². The van der Waals surface area contributed by atoms with E-state index in [-0.39, 0.29) is 37.2 Å². The molecule has 0 spiro atoms. The maximum atomic E-state index is 12.3. The van der Waals surface area contributed by atoms with E-state index in [1.54, 1.807) is 18.2 Å². The quantitative estimate of drug-likeness (QED) is 0.0163. The summed E-state index contributed by atoms with van der Waals surface area (Å²) in [5.41, 5.74) is 11.7. The van der Waals surface area contributed by atoms with E-state index in [0.717, 1.165) is 163 Å². The van der Waals surface area contributed by atoms with E-state index in [0.29, 0.717) is 65.8 Å². The van der Waals surface area contributed by atoms with Crippen molar-refractivity contribution < 1.29 is 15.0 Å². The lowest BCUT2D eigenvalue weighted by atomic mass is 9.91. The Morgan fingerprint density at radius 2 is 1.15 bits per heavy atom. The third-order valence-electron chi connectivity index (χ3n) is 18.8.